The average Bonchev–Trinajstić information content (AvgIpc) is 3.47. The van der Waals surface area contributed by atoms with Crippen LogP contribution in [-0.4, -0.2) is 35.6 Å². The Balaban J connectivity index is 1.23. The molecule has 1 heterocycles. The number of ether oxygens (including phenoxy) is 1. The lowest BCUT2D eigenvalue weighted by Gasteiger charge is -2.13. The third-order valence-corrected chi connectivity index (χ3v) is 7.87. The zero-order chi connectivity index (χ0) is 24.0. The van der Waals surface area contributed by atoms with E-state index in [4.69, 9.17) is 4.74 Å². The van der Waals surface area contributed by atoms with E-state index < -0.39 is 0 Å². The maximum Gasteiger partial charge on any atom is 0.262 e. The molecule has 0 unspecified atom stereocenters. The van der Waals surface area contributed by atoms with Crippen LogP contribution in [0.3, 0.4) is 0 Å². The van der Waals surface area contributed by atoms with E-state index in [2.05, 4.69) is 55.6 Å². The van der Waals surface area contributed by atoms with Crippen molar-refractivity contribution in [3.8, 4) is 5.75 Å². The minimum atomic E-state index is -0.382. The lowest BCUT2D eigenvalue weighted by Crippen LogP contribution is -2.28. The number of nitrogens with zero attached hydrogens (tertiary/aromatic N) is 2. The summed E-state index contributed by atoms with van der Waals surface area (Å²) in [7, 11) is 0. The molecule has 10 heteroatoms. The zero-order valence-electron chi connectivity index (χ0n) is 17.6. The maximum atomic E-state index is 13.0. The molecule has 2 fully saturated rings. The molecule has 5 rings (SSSR count). The number of fused-ring (bicyclic) bond motifs is 5. The van der Waals surface area contributed by atoms with E-state index in [-0.39, 0.29) is 53.8 Å². The van der Waals surface area contributed by atoms with Gasteiger partial charge in [0.1, 0.15) is 11.6 Å². The Morgan fingerprint density at radius 1 is 1.09 bits per heavy atom. The molecule has 3 amide bonds. The van der Waals surface area contributed by atoms with Crippen molar-refractivity contribution in [2.24, 2.45) is 28.8 Å². The molecule has 0 spiro atoms. The van der Waals surface area contributed by atoms with Crippen LogP contribution in [0.4, 0.5) is 10.1 Å². The van der Waals surface area contributed by atoms with Crippen molar-refractivity contribution in [1.29, 1.82) is 0 Å². The Kier molecular flexibility index (Phi) is 6.44. The predicted molar refractivity (Wildman–Crippen MR) is 140 cm³/mol. The quantitative estimate of drug-likeness (QED) is 0.214. The zero-order valence-corrected chi connectivity index (χ0v) is 21.9. The number of carbonyl (C=O) groups is 3. The van der Waals surface area contributed by atoms with Crippen molar-refractivity contribution >= 4 is 74.8 Å². The van der Waals surface area contributed by atoms with Gasteiger partial charge < -0.3 is 10.1 Å². The molecule has 3 aliphatic rings. The third-order valence-electron chi connectivity index (χ3n) is 6.27. The van der Waals surface area contributed by atoms with Crippen LogP contribution in [0.1, 0.15) is 12.0 Å². The second-order valence-corrected chi connectivity index (χ2v) is 10.7. The number of allylic oxidation sites excluding steroid dienone is 2. The van der Waals surface area contributed by atoms with Crippen LogP contribution >= 0.6 is 45.2 Å². The van der Waals surface area contributed by atoms with Crippen LogP contribution in [-0.2, 0) is 14.4 Å². The molecule has 2 bridgehead atoms. The van der Waals surface area contributed by atoms with Crippen molar-refractivity contribution in [3.05, 3.63) is 67.1 Å². The molecule has 7 nitrogen and oxygen atoms in total. The van der Waals surface area contributed by atoms with Gasteiger partial charge >= 0.3 is 0 Å². The van der Waals surface area contributed by atoms with Crippen LogP contribution in [0, 0.1) is 36.6 Å². The molecule has 0 aromatic heterocycles. The maximum absolute atomic E-state index is 13.0. The lowest BCUT2D eigenvalue weighted by molar-refractivity contribution is -0.140. The van der Waals surface area contributed by atoms with Crippen molar-refractivity contribution in [1.82, 2.24) is 5.01 Å². The van der Waals surface area contributed by atoms with Gasteiger partial charge in [-0.05, 0) is 105 Å². The highest BCUT2D eigenvalue weighted by molar-refractivity contribution is 14.1. The molecule has 1 aliphatic heterocycles. The highest BCUT2D eigenvalue weighted by Crippen LogP contribution is 2.52. The number of imide groups is 1. The summed E-state index contributed by atoms with van der Waals surface area (Å²) in [6.45, 7) is -0.216. The van der Waals surface area contributed by atoms with Crippen LogP contribution in [0.2, 0.25) is 0 Å². The summed E-state index contributed by atoms with van der Waals surface area (Å²) in [5, 5.41) is 7.88. The smallest absolute Gasteiger partial charge is 0.262 e. The first-order chi connectivity index (χ1) is 16.3. The fraction of sp³-hybridized carbons (Fsp3) is 0.250. The highest BCUT2D eigenvalue weighted by Gasteiger charge is 2.59. The van der Waals surface area contributed by atoms with Crippen molar-refractivity contribution in [2.45, 2.75) is 6.42 Å². The van der Waals surface area contributed by atoms with E-state index >= 15 is 0 Å². The fourth-order valence-electron chi connectivity index (χ4n) is 4.78. The van der Waals surface area contributed by atoms with Gasteiger partial charge in [-0.1, -0.05) is 12.2 Å². The van der Waals surface area contributed by atoms with Gasteiger partial charge in [0.15, 0.2) is 6.61 Å². The third kappa shape index (κ3) is 4.37. The monoisotopic (exact) mass is 685 g/mol. The first-order valence-corrected chi connectivity index (χ1v) is 12.7. The van der Waals surface area contributed by atoms with Gasteiger partial charge in [-0.15, -0.1) is 0 Å². The lowest BCUT2D eigenvalue weighted by atomic mass is 9.85. The Hall–Kier alpha value is -2.35. The topological polar surface area (TPSA) is 88.1 Å². The van der Waals surface area contributed by atoms with Crippen LogP contribution < -0.4 is 10.1 Å². The number of hydrogen-bond acceptors (Lipinski definition) is 5. The SMILES string of the molecule is O=C(COc1c(I)cc(C=NN2C(=O)[C@@H]3[C@H](C2=O)[C@H]2C=C[C@H]3C2)cc1I)Nc1ccc(F)cc1. The second kappa shape index (κ2) is 9.36. The molecule has 34 heavy (non-hydrogen) atoms. The van der Waals surface area contributed by atoms with E-state index in [1.54, 1.807) is 12.1 Å². The van der Waals surface area contributed by atoms with Gasteiger partial charge in [0.25, 0.3) is 17.7 Å². The van der Waals surface area contributed by atoms with Gasteiger partial charge in [-0.2, -0.15) is 10.1 Å². The summed E-state index contributed by atoms with van der Waals surface area (Å²) in [6, 6.07) is 9.07. The van der Waals surface area contributed by atoms with E-state index in [9.17, 15) is 18.8 Å². The number of hydrazone groups is 1. The number of halogens is 3. The first-order valence-electron chi connectivity index (χ1n) is 10.6. The number of amides is 3. The van der Waals surface area contributed by atoms with E-state index in [0.29, 0.717) is 17.0 Å². The number of hydrogen-bond donors (Lipinski definition) is 1. The van der Waals surface area contributed by atoms with Crippen molar-refractivity contribution in [3.63, 3.8) is 0 Å². The number of rotatable bonds is 6. The fourth-order valence-corrected chi connectivity index (χ4v) is 6.91. The highest BCUT2D eigenvalue weighted by atomic mass is 127. The molecule has 1 N–H and O–H groups in total. The van der Waals surface area contributed by atoms with Crippen LogP contribution in [0.5, 0.6) is 5.75 Å². The molecule has 2 aliphatic carbocycles. The molecule has 2 aromatic rings. The predicted octanol–water partition coefficient (Wildman–Crippen LogP) is 4.19. The molecule has 174 valence electrons. The van der Waals surface area contributed by atoms with Gasteiger partial charge in [0.2, 0.25) is 0 Å². The molecular formula is C24H18FI2N3O4. The van der Waals surface area contributed by atoms with E-state index in [1.807, 2.05) is 12.2 Å². The molecule has 0 radical (unpaired) electrons. The molecule has 4 atom stereocenters. The Bertz CT molecular complexity index is 1190. The van der Waals surface area contributed by atoms with E-state index in [1.165, 1.54) is 30.5 Å². The Labute approximate surface area is 222 Å². The number of anilines is 1. The van der Waals surface area contributed by atoms with E-state index in [0.717, 1.165) is 18.6 Å². The average molecular weight is 685 g/mol. The Morgan fingerprint density at radius 2 is 1.68 bits per heavy atom. The standard InChI is InChI=1S/C24H18FI2N3O4/c25-15-3-5-16(6-4-15)29-19(31)11-34-22-17(26)7-12(8-18(22)27)10-28-30-23(32)20-13-1-2-14(9-13)21(20)24(30)33/h1-8,10,13-14,20-21H,9,11H2,(H,29,31)/t13-,14-,20-,21+/m0/s1. The summed E-state index contributed by atoms with van der Waals surface area (Å²) in [6.07, 6.45) is 6.48. The largest absolute Gasteiger partial charge is 0.482 e. The second-order valence-electron chi connectivity index (χ2n) is 8.39. The van der Waals surface area contributed by atoms with Crippen molar-refractivity contribution in [2.75, 3.05) is 11.9 Å². The minimum absolute atomic E-state index is 0.144. The first kappa shape index (κ1) is 23.4. The van der Waals surface area contributed by atoms with Gasteiger partial charge in [-0.3, -0.25) is 14.4 Å². The van der Waals surface area contributed by atoms with Gasteiger partial charge in [0, 0.05) is 5.69 Å². The number of nitrogens with one attached hydrogen (secondary N) is 1. The summed E-state index contributed by atoms with van der Waals surface area (Å²) in [5.74, 6) is -0.933. The molecule has 1 saturated carbocycles. The summed E-state index contributed by atoms with van der Waals surface area (Å²) < 4.78 is 20.2. The number of carbonyl (C=O) groups excluding carboxylic acids is 3. The molecular weight excluding hydrogens is 667 g/mol. The molecule has 2 aromatic carbocycles. The normalized spacial score (nSPS) is 24.9. The van der Waals surface area contributed by atoms with Crippen LogP contribution in [0.25, 0.3) is 0 Å². The van der Waals surface area contributed by atoms with Crippen LogP contribution in [0.15, 0.2) is 53.7 Å². The van der Waals surface area contributed by atoms with Gasteiger partial charge in [0.05, 0.1) is 25.2 Å². The number of benzene rings is 2. The Morgan fingerprint density at radius 3 is 2.26 bits per heavy atom. The summed E-state index contributed by atoms with van der Waals surface area (Å²) in [5.41, 5.74) is 1.18. The summed E-state index contributed by atoms with van der Waals surface area (Å²) >= 11 is 4.19. The van der Waals surface area contributed by atoms with Gasteiger partial charge in [-0.25, -0.2) is 4.39 Å². The van der Waals surface area contributed by atoms with Crippen molar-refractivity contribution < 1.29 is 23.5 Å². The summed E-state index contributed by atoms with van der Waals surface area (Å²) in [4.78, 5) is 37.7. The minimum Gasteiger partial charge on any atom is -0.482 e. The molecule has 1 saturated heterocycles.